The first-order chi connectivity index (χ1) is 13.4. The van der Waals surface area contributed by atoms with E-state index in [1.165, 1.54) is 5.57 Å². The summed E-state index contributed by atoms with van der Waals surface area (Å²) in [6, 6.07) is 10.3. The molecule has 28 heavy (non-hydrogen) atoms. The Morgan fingerprint density at radius 1 is 1.00 bits per heavy atom. The van der Waals surface area contributed by atoms with Crippen molar-refractivity contribution in [2.75, 3.05) is 0 Å². The maximum atomic E-state index is 13.4. The van der Waals surface area contributed by atoms with Crippen LogP contribution in [0.3, 0.4) is 0 Å². The summed E-state index contributed by atoms with van der Waals surface area (Å²) >= 11 is 0. The molecular formula is C26H32O2. The van der Waals surface area contributed by atoms with E-state index in [1.807, 2.05) is 18.2 Å². The highest BCUT2D eigenvalue weighted by atomic mass is 16.3. The maximum Gasteiger partial charge on any atom is 0.165 e. The summed E-state index contributed by atoms with van der Waals surface area (Å²) in [5.74, 6) is 2.14. The minimum absolute atomic E-state index is 0.154. The second-order valence-corrected chi connectivity index (χ2v) is 10.2. The minimum Gasteiger partial charge on any atom is -0.393 e. The predicted molar refractivity (Wildman–Crippen MR) is 113 cm³/mol. The highest BCUT2D eigenvalue weighted by molar-refractivity contribution is 6.05. The molecule has 0 spiro atoms. The second kappa shape index (κ2) is 6.42. The molecule has 0 bridgehead atoms. The van der Waals surface area contributed by atoms with E-state index in [2.05, 4.69) is 38.1 Å². The number of hydrogen-bond donors (Lipinski definition) is 1. The monoisotopic (exact) mass is 376 g/mol. The first kappa shape index (κ1) is 18.4. The lowest BCUT2D eigenvalue weighted by Crippen LogP contribution is -2.50. The van der Waals surface area contributed by atoms with Gasteiger partial charge in [0.05, 0.1) is 6.10 Å². The minimum atomic E-state index is -0.183. The number of Topliss-reactive ketones (excluding diaryl/α,β-unsaturated/α-hetero) is 1. The van der Waals surface area contributed by atoms with Crippen LogP contribution in [-0.2, 0) is 4.79 Å². The molecule has 0 amide bonds. The number of benzene rings is 1. The van der Waals surface area contributed by atoms with Gasteiger partial charge in [-0.05, 0) is 85.3 Å². The Morgan fingerprint density at radius 3 is 2.54 bits per heavy atom. The summed E-state index contributed by atoms with van der Waals surface area (Å²) in [6.07, 6.45) is 11.5. The van der Waals surface area contributed by atoms with Gasteiger partial charge in [-0.3, -0.25) is 4.79 Å². The van der Waals surface area contributed by atoms with Gasteiger partial charge < -0.3 is 5.11 Å². The lowest BCUT2D eigenvalue weighted by atomic mass is 9.48. The number of carbonyl (C=O) groups is 1. The number of allylic oxidation sites excluding steroid dienone is 2. The summed E-state index contributed by atoms with van der Waals surface area (Å²) in [6.45, 7) is 4.69. The Hall–Kier alpha value is -1.67. The summed E-state index contributed by atoms with van der Waals surface area (Å²) in [7, 11) is 0. The fourth-order valence-electron chi connectivity index (χ4n) is 7.19. The number of carbonyl (C=O) groups excluding carboxylic acids is 1. The van der Waals surface area contributed by atoms with E-state index in [-0.39, 0.29) is 16.9 Å². The van der Waals surface area contributed by atoms with Crippen LogP contribution in [0, 0.1) is 28.6 Å². The van der Waals surface area contributed by atoms with Gasteiger partial charge in [0, 0.05) is 5.41 Å². The predicted octanol–water partition coefficient (Wildman–Crippen LogP) is 5.57. The Kier molecular flexibility index (Phi) is 4.21. The third kappa shape index (κ3) is 2.60. The van der Waals surface area contributed by atoms with Gasteiger partial charge in [-0.1, -0.05) is 55.8 Å². The molecular weight excluding hydrogens is 344 g/mol. The largest absolute Gasteiger partial charge is 0.393 e. The average molecular weight is 377 g/mol. The molecule has 0 radical (unpaired) electrons. The van der Waals surface area contributed by atoms with E-state index in [1.54, 1.807) is 0 Å². The van der Waals surface area contributed by atoms with Crippen LogP contribution < -0.4 is 0 Å². The molecule has 0 heterocycles. The van der Waals surface area contributed by atoms with Crippen molar-refractivity contribution in [3.63, 3.8) is 0 Å². The summed E-state index contributed by atoms with van der Waals surface area (Å²) in [5.41, 5.74) is 3.73. The fourth-order valence-corrected chi connectivity index (χ4v) is 7.19. The number of hydrogen-bond acceptors (Lipinski definition) is 2. The van der Waals surface area contributed by atoms with E-state index in [0.717, 1.165) is 56.1 Å². The molecule has 148 valence electrons. The molecule has 6 atom stereocenters. The molecule has 4 aliphatic carbocycles. The van der Waals surface area contributed by atoms with Crippen molar-refractivity contribution in [1.29, 1.82) is 0 Å². The number of aliphatic hydroxyl groups excluding tert-OH is 1. The van der Waals surface area contributed by atoms with Crippen LogP contribution in [-0.4, -0.2) is 17.0 Å². The van der Waals surface area contributed by atoms with Crippen molar-refractivity contribution in [2.24, 2.45) is 28.6 Å². The van der Waals surface area contributed by atoms with Gasteiger partial charge in [0.2, 0.25) is 0 Å². The van der Waals surface area contributed by atoms with Gasteiger partial charge in [-0.25, -0.2) is 0 Å². The molecule has 1 aromatic rings. The van der Waals surface area contributed by atoms with Crippen LogP contribution in [0.5, 0.6) is 0 Å². The molecule has 1 aromatic carbocycles. The van der Waals surface area contributed by atoms with E-state index < -0.39 is 0 Å². The topological polar surface area (TPSA) is 37.3 Å². The molecule has 5 rings (SSSR count). The van der Waals surface area contributed by atoms with Crippen molar-refractivity contribution in [3.05, 3.63) is 53.1 Å². The van der Waals surface area contributed by atoms with E-state index >= 15 is 0 Å². The fraction of sp³-hybridized carbons (Fsp3) is 0.577. The summed E-state index contributed by atoms with van der Waals surface area (Å²) in [4.78, 5) is 13.4. The van der Waals surface area contributed by atoms with Crippen LogP contribution in [0.1, 0.15) is 64.4 Å². The molecule has 4 aliphatic rings. The van der Waals surface area contributed by atoms with Gasteiger partial charge in [0.25, 0.3) is 0 Å². The third-order valence-corrected chi connectivity index (χ3v) is 8.86. The molecule has 0 saturated heterocycles. The number of ketones is 1. The zero-order chi connectivity index (χ0) is 19.5. The van der Waals surface area contributed by atoms with Crippen LogP contribution in [0.25, 0.3) is 6.08 Å². The van der Waals surface area contributed by atoms with Gasteiger partial charge in [0.1, 0.15) is 0 Å². The maximum absolute atomic E-state index is 13.4. The van der Waals surface area contributed by atoms with Crippen LogP contribution in [0.15, 0.2) is 47.6 Å². The van der Waals surface area contributed by atoms with E-state index in [0.29, 0.717) is 23.5 Å². The quantitative estimate of drug-likeness (QED) is 0.514. The molecule has 0 aromatic heterocycles. The first-order valence-corrected chi connectivity index (χ1v) is 11.1. The van der Waals surface area contributed by atoms with Crippen LogP contribution >= 0.6 is 0 Å². The Labute approximate surface area is 168 Å². The van der Waals surface area contributed by atoms with Gasteiger partial charge in [-0.15, -0.1) is 0 Å². The van der Waals surface area contributed by atoms with Crippen molar-refractivity contribution in [2.45, 2.75) is 64.9 Å². The standard InChI is InChI=1S/C26H32O2/c1-25-12-10-20(27)16-19(25)8-9-21-22(25)11-13-26(2)23(21)15-18(24(26)28)14-17-6-4-3-5-7-17/h3-8,14,20-23,27H,9-13,15-16H2,1-2H3/t20-,21-,22-,23+,25-,26+/m0/s1. The Morgan fingerprint density at radius 2 is 1.75 bits per heavy atom. The SMILES string of the molecule is C[C@@]12CC[C@H]3[C@H](CC=C4C[C@@H](O)CC[C@@]43C)[C@H]1CC(=Cc1ccccc1)C2=O. The van der Waals surface area contributed by atoms with Gasteiger partial charge in [0.15, 0.2) is 5.78 Å². The van der Waals surface area contributed by atoms with Crippen LogP contribution in [0.2, 0.25) is 0 Å². The average Bonchev–Trinajstić information content (AvgIpc) is 2.94. The van der Waals surface area contributed by atoms with Crippen molar-refractivity contribution >= 4 is 11.9 Å². The molecule has 3 fully saturated rings. The Balaban J connectivity index is 1.48. The second-order valence-electron chi connectivity index (χ2n) is 10.2. The lowest BCUT2D eigenvalue weighted by Gasteiger charge is -2.56. The zero-order valence-corrected chi connectivity index (χ0v) is 17.2. The zero-order valence-electron chi connectivity index (χ0n) is 17.2. The van der Waals surface area contributed by atoms with Crippen LogP contribution in [0.4, 0.5) is 0 Å². The van der Waals surface area contributed by atoms with Crippen molar-refractivity contribution < 1.29 is 9.90 Å². The molecule has 1 N–H and O–H groups in total. The first-order valence-electron chi connectivity index (χ1n) is 11.1. The highest BCUT2D eigenvalue weighted by Crippen LogP contribution is 2.64. The summed E-state index contributed by atoms with van der Waals surface area (Å²) < 4.78 is 0. The number of rotatable bonds is 1. The summed E-state index contributed by atoms with van der Waals surface area (Å²) in [5, 5.41) is 10.2. The van der Waals surface area contributed by atoms with E-state index in [4.69, 9.17) is 0 Å². The Bertz CT molecular complexity index is 850. The molecule has 0 unspecified atom stereocenters. The molecule has 3 saturated carbocycles. The van der Waals surface area contributed by atoms with Crippen molar-refractivity contribution in [3.8, 4) is 0 Å². The molecule has 0 aliphatic heterocycles. The van der Waals surface area contributed by atoms with Gasteiger partial charge >= 0.3 is 0 Å². The number of aliphatic hydroxyl groups is 1. The number of fused-ring (bicyclic) bond motifs is 5. The van der Waals surface area contributed by atoms with Crippen molar-refractivity contribution in [1.82, 2.24) is 0 Å². The van der Waals surface area contributed by atoms with E-state index in [9.17, 15) is 9.90 Å². The highest BCUT2D eigenvalue weighted by Gasteiger charge is 2.59. The third-order valence-electron chi connectivity index (χ3n) is 8.86. The molecule has 2 nitrogen and oxygen atoms in total. The molecule has 2 heteroatoms. The van der Waals surface area contributed by atoms with Gasteiger partial charge in [-0.2, -0.15) is 0 Å². The lowest BCUT2D eigenvalue weighted by molar-refractivity contribution is -0.130. The smallest absolute Gasteiger partial charge is 0.165 e. The normalized spacial score (nSPS) is 43.9.